The first-order chi connectivity index (χ1) is 12.8. The molecule has 1 aliphatic heterocycles. The summed E-state index contributed by atoms with van der Waals surface area (Å²) in [6.45, 7) is 3.53. The second kappa shape index (κ2) is 7.03. The van der Waals surface area contributed by atoms with E-state index in [1.165, 1.54) is 0 Å². The minimum atomic E-state index is -0.264. The zero-order valence-corrected chi connectivity index (χ0v) is 14.6. The molecule has 0 fully saturated rings. The number of nitrogens with one attached hydrogen (secondary N) is 1. The number of benzene rings is 1. The lowest BCUT2D eigenvalue weighted by atomic mass is 10.1. The van der Waals surface area contributed by atoms with Crippen LogP contribution in [-0.4, -0.2) is 32.1 Å². The molecule has 1 aliphatic rings. The van der Waals surface area contributed by atoms with E-state index >= 15 is 0 Å². The molecule has 1 amide bonds. The summed E-state index contributed by atoms with van der Waals surface area (Å²) in [5, 5.41) is 11.7. The first-order valence-electron chi connectivity index (χ1n) is 8.86. The van der Waals surface area contributed by atoms with Gasteiger partial charge >= 0.3 is 0 Å². The number of carbonyl (C=O) groups is 1. The molecule has 0 aliphatic carbocycles. The van der Waals surface area contributed by atoms with Crippen LogP contribution in [-0.2, 0) is 6.54 Å². The maximum absolute atomic E-state index is 12.6. The van der Waals surface area contributed by atoms with E-state index in [1.807, 2.05) is 22.9 Å². The SMILES string of the molecule is CCC(c1ccccc1)n1nccc1NC(=O)c1cc2n(n1)CCCO2. The molecule has 2 aromatic heterocycles. The van der Waals surface area contributed by atoms with Crippen molar-refractivity contribution >= 4 is 11.7 Å². The summed E-state index contributed by atoms with van der Waals surface area (Å²) in [6.07, 6.45) is 3.46. The van der Waals surface area contributed by atoms with Gasteiger partial charge in [0.05, 0.1) is 18.8 Å². The normalized spacial score (nSPS) is 14.3. The van der Waals surface area contributed by atoms with Crippen molar-refractivity contribution in [3.63, 3.8) is 0 Å². The predicted octanol–water partition coefficient (Wildman–Crippen LogP) is 3.11. The summed E-state index contributed by atoms with van der Waals surface area (Å²) < 4.78 is 9.11. The Bertz CT molecular complexity index is 876. The van der Waals surface area contributed by atoms with Gasteiger partial charge in [0.25, 0.3) is 5.91 Å². The average molecular weight is 351 g/mol. The summed E-state index contributed by atoms with van der Waals surface area (Å²) in [5.41, 5.74) is 1.50. The van der Waals surface area contributed by atoms with E-state index in [1.54, 1.807) is 23.0 Å². The molecule has 1 unspecified atom stereocenters. The van der Waals surface area contributed by atoms with Gasteiger partial charge in [-0.3, -0.25) is 4.79 Å². The third-order valence-electron chi connectivity index (χ3n) is 4.52. The van der Waals surface area contributed by atoms with Gasteiger partial charge in [-0.1, -0.05) is 37.3 Å². The third kappa shape index (κ3) is 3.08. The van der Waals surface area contributed by atoms with E-state index in [2.05, 4.69) is 34.6 Å². The largest absolute Gasteiger partial charge is 0.478 e. The highest BCUT2D eigenvalue weighted by Gasteiger charge is 2.21. The number of carbonyl (C=O) groups excluding carboxylic acids is 1. The predicted molar refractivity (Wildman–Crippen MR) is 97.4 cm³/mol. The first kappa shape index (κ1) is 16.4. The molecule has 0 radical (unpaired) electrons. The summed E-state index contributed by atoms with van der Waals surface area (Å²) in [5.74, 6) is 1.03. The summed E-state index contributed by atoms with van der Waals surface area (Å²) in [7, 11) is 0. The number of aryl methyl sites for hydroxylation is 1. The van der Waals surface area contributed by atoms with Gasteiger partial charge in [-0.15, -0.1) is 0 Å². The van der Waals surface area contributed by atoms with Crippen molar-refractivity contribution in [1.82, 2.24) is 19.6 Å². The van der Waals surface area contributed by atoms with E-state index in [4.69, 9.17) is 4.74 Å². The van der Waals surface area contributed by atoms with Crippen LogP contribution in [0.4, 0.5) is 5.82 Å². The molecule has 7 nitrogen and oxygen atoms in total. The van der Waals surface area contributed by atoms with Crippen molar-refractivity contribution in [1.29, 1.82) is 0 Å². The Morgan fingerprint density at radius 2 is 2.15 bits per heavy atom. The molecule has 3 aromatic rings. The highest BCUT2D eigenvalue weighted by molar-refractivity contribution is 6.02. The Balaban J connectivity index is 1.57. The number of amides is 1. The Morgan fingerprint density at radius 3 is 2.92 bits per heavy atom. The maximum Gasteiger partial charge on any atom is 0.277 e. The molecule has 0 spiro atoms. The van der Waals surface area contributed by atoms with Crippen LogP contribution < -0.4 is 10.1 Å². The van der Waals surface area contributed by atoms with Crippen LogP contribution in [0.1, 0.15) is 41.9 Å². The van der Waals surface area contributed by atoms with Gasteiger partial charge in [0.1, 0.15) is 5.82 Å². The number of aromatic nitrogens is 4. The monoisotopic (exact) mass is 351 g/mol. The average Bonchev–Trinajstić information content (AvgIpc) is 3.30. The Kier molecular flexibility index (Phi) is 4.43. The van der Waals surface area contributed by atoms with Gasteiger partial charge in [-0.05, 0) is 12.0 Å². The number of fused-ring (bicyclic) bond motifs is 1. The lowest BCUT2D eigenvalue weighted by Gasteiger charge is -2.19. The molecule has 4 rings (SSSR count). The highest BCUT2D eigenvalue weighted by Crippen LogP contribution is 2.25. The van der Waals surface area contributed by atoms with Gasteiger partial charge in [-0.25, -0.2) is 9.36 Å². The molecule has 1 atom stereocenters. The zero-order chi connectivity index (χ0) is 17.9. The van der Waals surface area contributed by atoms with Crippen molar-refractivity contribution in [3.05, 3.63) is 59.9 Å². The van der Waals surface area contributed by atoms with E-state index in [0.717, 1.165) is 24.9 Å². The fraction of sp³-hybridized carbons (Fsp3) is 0.316. The van der Waals surface area contributed by atoms with Crippen LogP contribution in [0.25, 0.3) is 0 Å². The van der Waals surface area contributed by atoms with Crippen LogP contribution in [0.2, 0.25) is 0 Å². The van der Waals surface area contributed by atoms with E-state index in [-0.39, 0.29) is 11.9 Å². The standard InChI is InChI=1S/C19H21N5O2/c1-2-16(14-7-4-3-5-8-14)24-17(9-10-20-24)21-19(25)15-13-18-23(22-15)11-6-12-26-18/h3-5,7-10,13,16H,2,6,11-12H2,1H3,(H,21,25). The van der Waals surface area contributed by atoms with Crippen molar-refractivity contribution in [2.45, 2.75) is 32.4 Å². The minimum Gasteiger partial charge on any atom is -0.478 e. The zero-order valence-electron chi connectivity index (χ0n) is 14.6. The van der Waals surface area contributed by atoms with Gasteiger partial charge in [0.15, 0.2) is 5.69 Å². The lowest BCUT2D eigenvalue weighted by molar-refractivity contribution is 0.102. The van der Waals surface area contributed by atoms with Gasteiger partial charge < -0.3 is 10.1 Å². The summed E-state index contributed by atoms with van der Waals surface area (Å²) in [4.78, 5) is 12.6. The molecular formula is C19H21N5O2. The summed E-state index contributed by atoms with van der Waals surface area (Å²) >= 11 is 0. The van der Waals surface area contributed by atoms with Crippen molar-refractivity contribution in [2.24, 2.45) is 0 Å². The molecule has 7 heteroatoms. The Hall–Kier alpha value is -3.09. The fourth-order valence-electron chi connectivity index (χ4n) is 3.25. The van der Waals surface area contributed by atoms with Crippen LogP contribution in [0.3, 0.4) is 0 Å². The fourth-order valence-corrected chi connectivity index (χ4v) is 3.25. The molecule has 0 saturated heterocycles. The Morgan fingerprint density at radius 1 is 1.31 bits per heavy atom. The van der Waals surface area contributed by atoms with E-state index in [9.17, 15) is 4.79 Å². The van der Waals surface area contributed by atoms with Crippen LogP contribution >= 0.6 is 0 Å². The maximum atomic E-state index is 12.6. The highest BCUT2D eigenvalue weighted by atomic mass is 16.5. The minimum absolute atomic E-state index is 0.0556. The molecule has 134 valence electrons. The number of nitrogens with zero attached hydrogens (tertiary/aromatic N) is 4. The molecule has 1 aromatic carbocycles. The molecule has 3 heterocycles. The van der Waals surface area contributed by atoms with Crippen LogP contribution in [0.15, 0.2) is 48.7 Å². The molecular weight excluding hydrogens is 330 g/mol. The number of ether oxygens (including phenoxy) is 1. The first-order valence-corrected chi connectivity index (χ1v) is 8.86. The molecule has 0 bridgehead atoms. The number of anilines is 1. The topological polar surface area (TPSA) is 74.0 Å². The van der Waals surface area contributed by atoms with E-state index in [0.29, 0.717) is 24.0 Å². The van der Waals surface area contributed by atoms with Gasteiger partial charge in [-0.2, -0.15) is 10.2 Å². The Labute approximate surface area is 151 Å². The van der Waals surface area contributed by atoms with E-state index < -0.39 is 0 Å². The molecule has 0 saturated carbocycles. The van der Waals surface area contributed by atoms with Crippen LogP contribution in [0.5, 0.6) is 5.88 Å². The smallest absolute Gasteiger partial charge is 0.277 e. The second-order valence-corrected chi connectivity index (χ2v) is 6.24. The second-order valence-electron chi connectivity index (χ2n) is 6.24. The third-order valence-corrected chi connectivity index (χ3v) is 4.52. The van der Waals surface area contributed by atoms with Crippen LogP contribution in [0, 0.1) is 0 Å². The van der Waals surface area contributed by atoms with Crippen molar-refractivity contribution < 1.29 is 9.53 Å². The number of hydrogen-bond acceptors (Lipinski definition) is 4. The number of hydrogen-bond donors (Lipinski definition) is 1. The van der Waals surface area contributed by atoms with Crippen molar-refractivity contribution in [3.8, 4) is 5.88 Å². The lowest BCUT2D eigenvalue weighted by Crippen LogP contribution is -2.20. The summed E-state index contributed by atoms with van der Waals surface area (Å²) in [6, 6.07) is 13.7. The van der Waals surface area contributed by atoms with Crippen molar-refractivity contribution in [2.75, 3.05) is 11.9 Å². The van der Waals surface area contributed by atoms with Gasteiger partial charge in [0.2, 0.25) is 5.88 Å². The molecule has 26 heavy (non-hydrogen) atoms. The van der Waals surface area contributed by atoms with Gasteiger partial charge in [0, 0.05) is 25.1 Å². The quantitative estimate of drug-likeness (QED) is 0.766. The number of rotatable bonds is 5. The molecule has 1 N–H and O–H groups in total.